The standard InChI is InChI=1S/C33H42FN3O11P2/c1-20-18-36(31-27(34)17-25-30(33(31)47-3)37(23-8-9-23)19-26(21(2)38)32(25)40)15-14-35(20)13-12-28(39)22-6-10-24(11-7-22)48-16-4-5-29(49(41,42)43)50(44,45)46/h6-7,10-11,17,19-20,23,29,38H,2,4-5,8-9,12-16,18H2,1,3H3,(H2,41,42,43)(H2,44,45,46). The molecule has 1 aromatic heterocycles. The molecular weight excluding hydrogens is 695 g/mol. The molecule has 5 N–H and O–H groups in total. The third-order valence-corrected chi connectivity index (χ3v) is 13.1. The molecule has 1 saturated carbocycles. The molecule has 14 nitrogen and oxygen atoms in total. The predicted molar refractivity (Wildman–Crippen MR) is 186 cm³/mol. The summed E-state index contributed by atoms with van der Waals surface area (Å²) >= 11 is 0. The number of carbonyl (C=O) groups is 1. The van der Waals surface area contributed by atoms with Crippen LogP contribution in [0.3, 0.4) is 0 Å². The van der Waals surface area contributed by atoms with Crippen LogP contribution in [-0.2, 0) is 9.13 Å². The molecule has 0 radical (unpaired) electrons. The number of rotatable bonds is 15. The number of aliphatic hydroxyl groups excluding tert-OH is 1. The van der Waals surface area contributed by atoms with Crippen LogP contribution in [0.4, 0.5) is 10.1 Å². The summed E-state index contributed by atoms with van der Waals surface area (Å²) in [4.78, 5) is 67.2. The summed E-state index contributed by atoms with van der Waals surface area (Å²) in [6.07, 6.45) is 3.14. The average molecular weight is 738 g/mol. The number of aliphatic hydroxyl groups is 1. The molecule has 5 rings (SSSR count). The van der Waals surface area contributed by atoms with Gasteiger partial charge in [-0.2, -0.15) is 0 Å². The van der Waals surface area contributed by atoms with E-state index >= 15 is 4.39 Å². The highest BCUT2D eigenvalue weighted by Crippen LogP contribution is 2.61. The van der Waals surface area contributed by atoms with Crippen molar-refractivity contribution in [1.29, 1.82) is 0 Å². The number of ketones is 1. The van der Waals surface area contributed by atoms with Gasteiger partial charge in [0.1, 0.15) is 17.2 Å². The summed E-state index contributed by atoms with van der Waals surface area (Å²) in [5.41, 5.74) is 0.705. The molecule has 2 aromatic carbocycles. The molecule has 0 bridgehead atoms. The number of ether oxygens (including phenoxy) is 2. The maximum absolute atomic E-state index is 15.8. The third-order valence-electron chi connectivity index (χ3n) is 9.19. The molecule has 1 unspecified atom stereocenters. The van der Waals surface area contributed by atoms with Crippen LogP contribution in [0.5, 0.6) is 11.5 Å². The Kier molecular flexibility index (Phi) is 11.3. The molecular formula is C33H42FN3O11P2. The van der Waals surface area contributed by atoms with E-state index in [1.54, 1.807) is 30.5 Å². The zero-order chi connectivity index (χ0) is 36.5. The first kappa shape index (κ1) is 37.7. The smallest absolute Gasteiger partial charge is 0.340 e. The lowest BCUT2D eigenvalue weighted by Crippen LogP contribution is -2.52. The number of anilines is 1. The Balaban J connectivity index is 1.19. The van der Waals surface area contributed by atoms with E-state index in [9.17, 15) is 43.4 Å². The van der Waals surface area contributed by atoms with Crippen molar-refractivity contribution in [3.05, 3.63) is 70.3 Å². The fraction of sp³-hybridized carbons (Fsp3) is 0.455. The zero-order valence-electron chi connectivity index (χ0n) is 27.8. The number of Topliss-reactive ketones (excluding diaryl/α,β-unsaturated/α-hetero) is 1. The molecule has 1 aliphatic carbocycles. The van der Waals surface area contributed by atoms with Gasteiger partial charge in [0.15, 0.2) is 22.8 Å². The van der Waals surface area contributed by atoms with Crippen molar-refractivity contribution in [2.24, 2.45) is 0 Å². The molecule has 50 heavy (non-hydrogen) atoms. The lowest BCUT2D eigenvalue weighted by Gasteiger charge is -2.41. The van der Waals surface area contributed by atoms with Crippen LogP contribution in [-0.4, -0.2) is 91.3 Å². The van der Waals surface area contributed by atoms with Gasteiger partial charge in [-0.25, -0.2) is 4.39 Å². The molecule has 0 amide bonds. The van der Waals surface area contributed by atoms with Crippen LogP contribution >= 0.6 is 15.2 Å². The molecule has 2 aliphatic rings. The van der Waals surface area contributed by atoms with Crippen LogP contribution in [0, 0.1) is 5.82 Å². The number of pyridine rings is 1. The number of hydrogen-bond donors (Lipinski definition) is 5. The largest absolute Gasteiger partial charge is 0.508 e. The number of carbonyl (C=O) groups excluding carboxylic acids is 1. The minimum absolute atomic E-state index is 0.00317. The fourth-order valence-electron chi connectivity index (χ4n) is 6.42. The minimum atomic E-state index is -4.99. The molecule has 272 valence electrons. The summed E-state index contributed by atoms with van der Waals surface area (Å²) in [6.45, 7) is 7.37. The van der Waals surface area contributed by atoms with Crippen LogP contribution in [0.25, 0.3) is 16.7 Å². The van der Waals surface area contributed by atoms with Gasteiger partial charge < -0.3 is 43.6 Å². The number of halogens is 1. The van der Waals surface area contributed by atoms with Gasteiger partial charge in [-0.1, -0.05) is 6.58 Å². The summed E-state index contributed by atoms with van der Waals surface area (Å²) in [5.74, 6) is -0.432. The Morgan fingerprint density at radius 1 is 1.10 bits per heavy atom. The number of benzene rings is 2. The van der Waals surface area contributed by atoms with E-state index in [-0.39, 0.29) is 65.5 Å². The summed E-state index contributed by atoms with van der Waals surface area (Å²) < 4.78 is 51.8. The number of methoxy groups -OCH3 is 1. The Morgan fingerprint density at radius 2 is 1.76 bits per heavy atom. The van der Waals surface area contributed by atoms with E-state index < -0.39 is 38.3 Å². The van der Waals surface area contributed by atoms with E-state index in [4.69, 9.17) is 9.47 Å². The molecule has 2 fully saturated rings. The van der Waals surface area contributed by atoms with Crippen molar-refractivity contribution >= 4 is 43.3 Å². The Morgan fingerprint density at radius 3 is 2.32 bits per heavy atom. The number of aromatic nitrogens is 1. The Bertz CT molecular complexity index is 1900. The van der Waals surface area contributed by atoms with E-state index in [0.717, 1.165) is 12.8 Å². The minimum Gasteiger partial charge on any atom is -0.508 e. The quantitative estimate of drug-likeness (QED) is 0.0627. The molecule has 1 atom stereocenters. The second-order valence-electron chi connectivity index (χ2n) is 12.8. The molecule has 17 heteroatoms. The number of fused-ring (bicyclic) bond motifs is 1. The number of piperazine rings is 1. The van der Waals surface area contributed by atoms with E-state index in [1.165, 1.54) is 13.2 Å². The SMILES string of the molecule is C=C(O)c1cn(C2CC2)c2c(OC)c(N3CCN(CCC(=O)c4ccc(OCCCC(P(=O)(O)O)P(=O)(O)O)cc4)C(C)C3)c(F)cc2c1=O. The predicted octanol–water partition coefficient (Wildman–Crippen LogP) is 4.64. The highest BCUT2D eigenvalue weighted by molar-refractivity contribution is 7.70. The monoisotopic (exact) mass is 737 g/mol. The summed E-state index contributed by atoms with van der Waals surface area (Å²) in [5, 5.41) is 8.06. The van der Waals surface area contributed by atoms with E-state index in [0.29, 0.717) is 43.0 Å². The van der Waals surface area contributed by atoms with Crippen LogP contribution in [0.2, 0.25) is 0 Å². The Hall–Kier alpha value is -3.55. The zero-order valence-corrected chi connectivity index (χ0v) is 29.6. The van der Waals surface area contributed by atoms with Gasteiger partial charge in [0, 0.05) is 56.4 Å². The normalized spacial score (nSPS) is 17.4. The third kappa shape index (κ3) is 8.32. The van der Waals surface area contributed by atoms with Crippen molar-refractivity contribution in [3.63, 3.8) is 0 Å². The number of nitrogens with zero attached hydrogens (tertiary/aromatic N) is 3. The molecule has 3 aromatic rings. The first-order chi connectivity index (χ1) is 23.5. The van der Waals surface area contributed by atoms with Crippen molar-refractivity contribution < 1.29 is 52.5 Å². The van der Waals surface area contributed by atoms with Crippen LogP contribution in [0.1, 0.15) is 61.0 Å². The van der Waals surface area contributed by atoms with Gasteiger partial charge in [0.05, 0.1) is 30.2 Å². The maximum atomic E-state index is 15.8. The summed E-state index contributed by atoms with van der Waals surface area (Å²) in [6, 6.07) is 7.61. The molecule has 2 heterocycles. The van der Waals surface area contributed by atoms with Crippen LogP contribution < -0.4 is 19.8 Å². The van der Waals surface area contributed by atoms with Gasteiger partial charge in [-0.05, 0) is 62.9 Å². The molecule has 1 aliphatic heterocycles. The van der Waals surface area contributed by atoms with Gasteiger partial charge >= 0.3 is 15.2 Å². The second kappa shape index (κ2) is 15.0. The van der Waals surface area contributed by atoms with E-state index in [2.05, 4.69) is 11.5 Å². The fourth-order valence-corrected chi connectivity index (χ4v) is 9.03. The van der Waals surface area contributed by atoms with E-state index in [1.807, 2.05) is 16.4 Å². The average Bonchev–Trinajstić information content (AvgIpc) is 3.88. The second-order valence-corrected chi connectivity index (χ2v) is 16.8. The first-order valence-corrected chi connectivity index (χ1v) is 19.6. The van der Waals surface area contributed by atoms with Gasteiger partial charge in [-0.3, -0.25) is 23.6 Å². The van der Waals surface area contributed by atoms with Crippen molar-refractivity contribution in [1.82, 2.24) is 9.47 Å². The molecule has 0 spiro atoms. The topological polar surface area (TPSA) is 199 Å². The van der Waals surface area contributed by atoms with Gasteiger partial charge in [0.25, 0.3) is 0 Å². The Labute approximate surface area is 288 Å². The number of hydrogen-bond acceptors (Lipinski definition) is 9. The van der Waals surface area contributed by atoms with Gasteiger partial charge in [0.2, 0.25) is 5.43 Å². The van der Waals surface area contributed by atoms with Crippen molar-refractivity contribution in [3.8, 4) is 11.5 Å². The van der Waals surface area contributed by atoms with Gasteiger partial charge in [-0.15, -0.1) is 0 Å². The highest BCUT2D eigenvalue weighted by Gasteiger charge is 2.42. The highest BCUT2D eigenvalue weighted by atomic mass is 31.2. The van der Waals surface area contributed by atoms with Crippen molar-refractivity contribution in [2.75, 3.05) is 44.8 Å². The first-order valence-electron chi connectivity index (χ1n) is 16.2. The maximum Gasteiger partial charge on any atom is 0.340 e. The molecule has 1 saturated heterocycles. The lowest BCUT2D eigenvalue weighted by molar-refractivity contribution is 0.0948. The lowest BCUT2D eigenvalue weighted by atomic mass is 10.0. The summed E-state index contributed by atoms with van der Waals surface area (Å²) in [7, 11) is -8.53. The van der Waals surface area contributed by atoms with Crippen LogP contribution in [0.15, 0.2) is 47.9 Å². The van der Waals surface area contributed by atoms with Crippen molar-refractivity contribution in [2.45, 2.75) is 56.5 Å².